The van der Waals surface area contributed by atoms with Gasteiger partial charge in [0.2, 0.25) is 0 Å². The van der Waals surface area contributed by atoms with Crippen LogP contribution in [0.2, 0.25) is 0 Å². The first kappa shape index (κ1) is 17.7. The Kier molecular flexibility index (Phi) is 7.45. The van der Waals surface area contributed by atoms with E-state index in [1.54, 1.807) is 11.9 Å². The van der Waals surface area contributed by atoms with E-state index >= 15 is 0 Å². The fourth-order valence-corrected chi connectivity index (χ4v) is 2.55. The van der Waals surface area contributed by atoms with Gasteiger partial charge >= 0.3 is 12.0 Å². The van der Waals surface area contributed by atoms with Crippen LogP contribution >= 0.6 is 0 Å². The van der Waals surface area contributed by atoms with E-state index in [4.69, 9.17) is 9.84 Å². The maximum absolute atomic E-state index is 12.1. The Balaban J connectivity index is 2.35. The summed E-state index contributed by atoms with van der Waals surface area (Å²) in [5.74, 6) is -0.934. The van der Waals surface area contributed by atoms with Gasteiger partial charge < -0.3 is 25.0 Å². The molecule has 1 unspecified atom stereocenters. The van der Waals surface area contributed by atoms with Crippen LogP contribution in [0.5, 0.6) is 0 Å². The number of nitrogens with zero attached hydrogens (tertiary/aromatic N) is 2. The number of amides is 2. The summed E-state index contributed by atoms with van der Waals surface area (Å²) in [6.07, 6.45) is 1.33. The molecule has 0 aliphatic carbocycles. The summed E-state index contributed by atoms with van der Waals surface area (Å²) in [4.78, 5) is 26.8. The lowest BCUT2D eigenvalue weighted by atomic mass is 10.0. The highest BCUT2D eigenvalue weighted by Crippen LogP contribution is 2.15. The molecule has 122 valence electrons. The number of carboxylic acids is 1. The summed E-state index contributed by atoms with van der Waals surface area (Å²) >= 11 is 0. The average molecular weight is 301 g/mol. The third kappa shape index (κ3) is 5.89. The first-order chi connectivity index (χ1) is 9.97. The SMILES string of the molecule is CCN1CCC(N(C)C(=O)NCC(CC(=O)O)OC)CC1. The molecule has 0 bridgehead atoms. The molecule has 21 heavy (non-hydrogen) atoms. The molecule has 1 aliphatic rings. The van der Waals surface area contributed by atoms with E-state index in [-0.39, 0.29) is 25.0 Å². The molecular weight excluding hydrogens is 274 g/mol. The number of rotatable bonds is 7. The monoisotopic (exact) mass is 301 g/mol. The second-order valence-electron chi connectivity index (χ2n) is 5.42. The van der Waals surface area contributed by atoms with Gasteiger partial charge in [-0.3, -0.25) is 4.79 Å². The largest absolute Gasteiger partial charge is 0.481 e. The molecule has 7 heteroatoms. The number of hydrogen-bond donors (Lipinski definition) is 2. The highest BCUT2D eigenvalue weighted by atomic mass is 16.5. The maximum atomic E-state index is 12.1. The number of likely N-dealkylation sites (tertiary alicyclic amines) is 1. The molecule has 1 heterocycles. The highest BCUT2D eigenvalue weighted by molar-refractivity contribution is 5.74. The van der Waals surface area contributed by atoms with Gasteiger partial charge in [0.15, 0.2) is 0 Å². The van der Waals surface area contributed by atoms with Gasteiger partial charge in [-0.2, -0.15) is 0 Å². The van der Waals surface area contributed by atoms with Crippen molar-refractivity contribution in [2.45, 2.75) is 38.3 Å². The van der Waals surface area contributed by atoms with E-state index in [0.717, 1.165) is 32.5 Å². The summed E-state index contributed by atoms with van der Waals surface area (Å²) in [5, 5.41) is 11.5. The van der Waals surface area contributed by atoms with Crippen LogP contribution in [-0.4, -0.2) is 79.4 Å². The minimum atomic E-state index is -0.934. The average Bonchev–Trinajstić information content (AvgIpc) is 2.50. The molecule has 1 aliphatic heterocycles. The van der Waals surface area contributed by atoms with Crippen molar-refractivity contribution < 1.29 is 19.4 Å². The van der Waals surface area contributed by atoms with Gasteiger partial charge in [0, 0.05) is 39.8 Å². The molecule has 0 aromatic carbocycles. The van der Waals surface area contributed by atoms with Crippen LogP contribution in [0.3, 0.4) is 0 Å². The summed E-state index contributed by atoms with van der Waals surface area (Å²) in [6.45, 7) is 5.42. The zero-order chi connectivity index (χ0) is 15.8. The van der Waals surface area contributed by atoms with Crippen LogP contribution in [0.25, 0.3) is 0 Å². The molecule has 0 radical (unpaired) electrons. The number of ether oxygens (including phenoxy) is 1. The smallest absolute Gasteiger partial charge is 0.317 e. The van der Waals surface area contributed by atoms with E-state index in [0.29, 0.717) is 0 Å². The molecule has 1 atom stereocenters. The fourth-order valence-electron chi connectivity index (χ4n) is 2.55. The standard InChI is InChI=1S/C14H27N3O4/c1-4-17-7-5-11(6-8-17)16(2)14(20)15-10-12(21-3)9-13(18)19/h11-12H,4-10H2,1-3H3,(H,15,20)(H,18,19). The molecule has 1 saturated heterocycles. The van der Waals surface area contributed by atoms with Crippen molar-refractivity contribution in [3.8, 4) is 0 Å². The van der Waals surface area contributed by atoms with Crippen LogP contribution in [0.4, 0.5) is 4.79 Å². The number of carboxylic acid groups (broad SMARTS) is 1. The number of nitrogens with one attached hydrogen (secondary N) is 1. The van der Waals surface area contributed by atoms with Crippen molar-refractivity contribution >= 4 is 12.0 Å². The second kappa shape index (κ2) is 8.84. The fraction of sp³-hybridized carbons (Fsp3) is 0.857. The molecule has 0 saturated carbocycles. The van der Waals surface area contributed by atoms with Crippen LogP contribution in [0.15, 0.2) is 0 Å². The minimum Gasteiger partial charge on any atom is -0.481 e. The van der Waals surface area contributed by atoms with Crippen molar-refractivity contribution in [2.24, 2.45) is 0 Å². The lowest BCUT2D eigenvalue weighted by Gasteiger charge is -2.36. The van der Waals surface area contributed by atoms with Crippen molar-refractivity contribution in [1.82, 2.24) is 15.1 Å². The van der Waals surface area contributed by atoms with Crippen molar-refractivity contribution in [2.75, 3.05) is 40.3 Å². The van der Waals surface area contributed by atoms with Gasteiger partial charge in [0.1, 0.15) is 0 Å². The first-order valence-corrected chi connectivity index (χ1v) is 7.45. The lowest BCUT2D eigenvalue weighted by Crippen LogP contribution is -2.50. The van der Waals surface area contributed by atoms with Crippen molar-refractivity contribution in [3.05, 3.63) is 0 Å². The molecule has 0 aromatic heterocycles. The van der Waals surface area contributed by atoms with Gasteiger partial charge in [0.05, 0.1) is 12.5 Å². The highest BCUT2D eigenvalue weighted by Gasteiger charge is 2.25. The number of methoxy groups -OCH3 is 1. The normalized spacial score (nSPS) is 18.2. The second-order valence-corrected chi connectivity index (χ2v) is 5.42. The zero-order valence-corrected chi connectivity index (χ0v) is 13.2. The Morgan fingerprint density at radius 1 is 1.43 bits per heavy atom. The van der Waals surface area contributed by atoms with Gasteiger partial charge in [-0.25, -0.2) is 4.79 Å². The van der Waals surface area contributed by atoms with Crippen molar-refractivity contribution in [1.29, 1.82) is 0 Å². The number of urea groups is 1. The minimum absolute atomic E-state index is 0.116. The molecule has 2 N–H and O–H groups in total. The van der Waals surface area contributed by atoms with Gasteiger partial charge in [-0.15, -0.1) is 0 Å². The molecule has 7 nitrogen and oxygen atoms in total. The number of piperidine rings is 1. The number of hydrogen-bond acceptors (Lipinski definition) is 4. The van der Waals surface area contributed by atoms with E-state index in [1.165, 1.54) is 7.11 Å². The van der Waals surface area contributed by atoms with E-state index in [9.17, 15) is 9.59 Å². The van der Waals surface area contributed by atoms with Crippen LogP contribution in [0.1, 0.15) is 26.2 Å². The van der Waals surface area contributed by atoms with Crippen LogP contribution < -0.4 is 5.32 Å². The Bertz CT molecular complexity index is 343. The van der Waals surface area contributed by atoms with E-state index in [1.807, 2.05) is 0 Å². The molecule has 0 aromatic rings. The number of carbonyl (C=O) groups excluding carboxylic acids is 1. The predicted molar refractivity (Wildman–Crippen MR) is 79.3 cm³/mol. The number of aliphatic carboxylic acids is 1. The van der Waals surface area contributed by atoms with Gasteiger partial charge in [-0.1, -0.05) is 6.92 Å². The van der Waals surface area contributed by atoms with Crippen LogP contribution in [-0.2, 0) is 9.53 Å². The molecule has 1 fully saturated rings. The Hall–Kier alpha value is -1.34. The Labute approximate surface area is 126 Å². The molecular formula is C14H27N3O4. The molecule has 1 rings (SSSR count). The predicted octanol–water partition coefficient (Wildman–Crippen LogP) is 0.602. The van der Waals surface area contributed by atoms with E-state index < -0.39 is 12.1 Å². The third-order valence-electron chi connectivity index (χ3n) is 4.09. The summed E-state index contributed by atoms with van der Waals surface area (Å²) in [7, 11) is 3.24. The quantitative estimate of drug-likeness (QED) is 0.719. The maximum Gasteiger partial charge on any atom is 0.317 e. The lowest BCUT2D eigenvalue weighted by molar-refractivity contribution is -0.139. The Morgan fingerprint density at radius 3 is 2.52 bits per heavy atom. The van der Waals surface area contributed by atoms with Crippen LogP contribution in [0, 0.1) is 0 Å². The Morgan fingerprint density at radius 2 is 2.05 bits per heavy atom. The first-order valence-electron chi connectivity index (χ1n) is 7.45. The van der Waals surface area contributed by atoms with E-state index in [2.05, 4.69) is 17.1 Å². The summed E-state index contributed by atoms with van der Waals surface area (Å²) in [6, 6.07) is 0.0747. The third-order valence-corrected chi connectivity index (χ3v) is 4.09. The summed E-state index contributed by atoms with van der Waals surface area (Å²) in [5.41, 5.74) is 0. The number of carbonyl (C=O) groups is 2. The summed E-state index contributed by atoms with van der Waals surface area (Å²) < 4.78 is 5.04. The molecule has 2 amide bonds. The zero-order valence-electron chi connectivity index (χ0n) is 13.2. The van der Waals surface area contributed by atoms with Gasteiger partial charge in [0.25, 0.3) is 0 Å². The topological polar surface area (TPSA) is 82.1 Å². The van der Waals surface area contributed by atoms with Crippen molar-refractivity contribution in [3.63, 3.8) is 0 Å². The van der Waals surface area contributed by atoms with Gasteiger partial charge in [-0.05, 0) is 19.4 Å². The molecule has 0 spiro atoms.